The van der Waals surface area contributed by atoms with Crippen molar-refractivity contribution in [1.29, 1.82) is 0 Å². The van der Waals surface area contributed by atoms with Gasteiger partial charge in [0, 0.05) is 18.7 Å². The molecule has 0 unspecified atom stereocenters. The standard InChI is InChI=1S/C12H26N2O/c1-10(2)15-9-5-8-14-12-7-4-3-6-11(12)13/h10-12,14H,3-9,13H2,1-2H3/t11-,12-/m1/s1. The first kappa shape index (κ1) is 12.9. The zero-order valence-electron chi connectivity index (χ0n) is 10.2. The third-order valence-corrected chi connectivity index (χ3v) is 3.00. The van der Waals surface area contributed by atoms with E-state index in [1.54, 1.807) is 0 Å². The fourth-order valence-electron chi connectivity index (χ4n) is 2.09. The van der Waals surface area contributed by atoms with Gasteiger partial charge in [0.25, 0.3) is 0 Å². The molecule has 3 heteroatoms. The van der Waals surface area contributed by atoms with Crippen LogP contribution >= 0.6 is 0 Å². The van der Waals surface area contributed by atoms with Crippen LogP contribution in [0, 0.1) is 0 Å². The van der Waals surface area contributed by atoms with Gasteiger partial charge in [-0.2, -0.15) is 0 Å². The Morgan fingerprint density at radius 2 is 2.07 bits per heavy atom. The van der Waals surface area contributed by atoms with Gasteiger partial charge in [-0.1, -0.05) is 12.8 Å². The second kappa shape index (κ2) is 7.20. The van der Waals surface area contributed by atoms with Crippen molar-refractivity contribution in [3.05, 3.63) is 0 Å². The van der Waals surface area contributed by atoms with E-state index in [1.165, 1.54) is 25.7 Å². The minimum atomic E-state index is 0.349. The fourth-order valence-corrected chi connectivity index (χ4v) is 2.09. The third-order valence-electron chi connectivity index (χ3n) is 3.00. The molecule has 0 radical (unpaired) electrons. The molecule has 90 valence electrons. The van der Waals surface area contributed by atoms with Gasteiger partial charge in [0.2, 0.25) is 0 Å². The highest BCUT2D eigenvalue weighted by atomic mass is 16.5. The summed E-state index contributed by atoms with van der Waals surface area (Å²) >= 11 is 0. The normalized spacial score (nSPS) is 27.2. The molecule has 0 saturated heterocycles. The Kier molecular flexibility index (Phi) is 6.22. The second-order valence-corrected chi connectivity index (χ2v) is 4.78. The molecular formula is C12H26N2O. The van der Waals surface area contributed by atoms with E-state index in [-0.39, 0.29) is 0 Å². The van der Waals surface area contributed by atoms with Gasteiger partial charge in [0.05, 0.1) is 6.10 Å². The Balaban J connectivity index is 1.99. The van der Waals surface area contributed by atoms with Crippen molar-refractivity contribution in [2.45, 2.75) is 64.1 Å². The summed E-state index contributed by atoms with van der Waals surface area (Å²) in [6, 6.07) is 0.905. The molecule has 0 heterocycles. The van der Waals surface area contributed by atoms with Gasteiger partial charge in [-0.05, 0) is 39.7 Å². The van der Waals surface area contributed by atoms with Gasteiger partial charge in [-0.15, -0.1) is 0 Å². The molecular weight excluding hydrogens is 188 g/mol. The van der Waals surface area contributed by atoms with Gasteiger partial charge in [-0.25, -0.2) is 0 Å². The summed E-state index contributed by atoms with van der Waals surface area (Å²) < 4.78 is 5.49. The molecule has 15 heavy (non-hydrogen) atoms. The highest BCUT2D eigenvalue weighted by Crippen LogP contribution is 2.16. The van der Waals surface area contributed by atoms with E-state index in [2.05, 4.69) is 19.2 Å². The molecule has 1 rings (SSSR count). The Hall–Kier alpha value is -0.120. The van der Waals surface area contributed by atoms with Gasteiger partial charge in [-0.3, -0.25) is 0 Å². The summed E-state index contributed by atoms with van der Waals surface area (Å²) in [4.78, 5) is 0. The van der Waals surface area contributed by atoms with Crippen LogP contribution in [0.1, 0.15) is 46.0 Å². The predicted molar refractivity (Wildman–Crippen MR) is 63.9 cm³/mol. The summed E-state index contributed by atoms with van der Waals surface area (Å²) in [6.45, 7) is 6.03. The van der Waals surface area contributed by atoms with Crippen LogP contribution in [0.2, 0.25) is 0 Å². The number of nitrogens with one attached hydrogen (secondary N) is 1. The van der Waals surface area contributed by atoms with E-state index >= 15 is 0 Å². The van der Waals surface area contributed by atoms with Gasteiger partial charge in [0.1, 0.15) is 0 Å². The van der Waals surface area contributed by atoms with E-state index in [1.807, 2.05) is 0 Å². The highest BCUT2D eigenvalue weighted by molar-refractivity contribution is 4.83. The lowest BCUT2D eigenvalue weighted by atomic mass is 9.91. The average Bonchev–Trinajstić information content (AvgIpc) is 2.20. The van der Waals surface area contributed by atoms with Crippen molar-refractivity contribution in [1.82, 2.24) is 5.32 Å². The lowest BCUT2D eigenvalue weighted by molar-refractivity contribution is 0.0763. The maximum absolute atomic E-state index is 6.05. The second-order valence-electron chi connectivity index (χ2n) is 4.78. The number of hydrogen-bond acceptors (Lipinski definition) is 3. The lowest BCUT2D eigenvalue weighted by Crippen LogP contribution is -2.47. The van der Waals surface area contributed by atoms with Crippen LogP contribution < -0.4 is 11.1 Å². The average molecular weight is 214 g/mol. The number of nitrogens with two attached hydrogens (primary N) is 1. The third kappa shape index (κ3) is 5.50. The zero-order valence-corrected chi connectivity index (χ0v) is 10.2. The minimum absolute atomic E-state index is 0.349. The quantitative estimate of drug-likeness (QED) is 0.661. The molecule has 0 bridgehead atoms. The molecule has 3 N–H and O–H groups in total. The Morgan fingerprint density at radius 3 is 2.73 bits per heavy atom. The van der Waals surface area contributed by atoms with Gasteiger partial charge in [0.15, 0.2) is 0 Å². The SMILES string of the molecule is CC(C)OCCCN[C@@H]1CCCC[C@H]1N. The van der Waals surface area contributed by atoms with E-state index in [9.17, 15) is 0 Å². The number of ether oxygens (including phenoxy) is 1. The lowest BCUT2D eigenvalue weighted by Gasteiger charge is -2.29. The largest absolute Gasteiger partial charge is 0.379 e. The van der Waals surface area contributed by atoms with Crippen LogP contribution in [0.15, 0.2) is 0 Å². The molecule has 0 aliphatic heterocycles. The molecule has 1 aliphatic carbocycles. The first-order valence-corrected chi connectivity index (χ1v) is 6.30. The summed E-state index contributed by atoms with van der Waals surface area (Å²) in [5.41, 5.74) is 6.05. The maximum atomic E-state index is 6.05. The van der Waals surface area contributed by atoms with Crippen LogP contribution in [0.4, 0.5) is 0 Å². The zero-order chi connectivity index (χ0) is 11.1. The topological polar surface area (TPSA) is 47.3 Å². The molecule has 0 amide bonds. The monoisotopic (exact) mass is 214 g/mol. The predicted octanol–water partition coefficient (Wildman–Crippen LogP) is 1.66. The van der Waals surface area contributed by atoms with Crippen LogP contribution in [0.3, 0.4) is 0 Å². The first-order chi connectivity index (χ1) is 7.20. The summed E-state index contributed by atoms with van der Waals surface area (Å²) in [6.07, 6.45) is 6.49. The van der Waals surface area contributed by atoms with Crippen molar-refractivity contribution < 1.29 is 4.74 Å². The summed E-state index contributed by atoms with van der Waals surface area (Å²) in [5, 5.41) is 3.54. The minimum Gasteiger partial charge on any atom is -0.379 e. The van der Waals surface area contributed by atoms with Crippen molar-refractivity contribution in [2.75, 3.05) is 13.2 Å². The van der Waals surface area contributed by atoms with Crippen molar-refractivity contribution in [3.63, 3.8) is 0 Å². The smallest absolute Gasteiger partial charge is 0.0518 e. The van der Waals surface area contributed by atoms with E-state index < -0.39 is 0 Å². The molecule has 0 spiro atoms. The molecule has 0 aromatic heterocycles. The number of rotatable bonds is 6. The van der Waals surface area contributed by atoms with Crippen molar-refractivity contribution in [2.24, 2.45) is 5.73 Å². The molecule has 2 atom stereocenters. The Bertz CT molecular complexity index is 162. The van der Waals surface area contributed by atoms with E-state index in [0.29, 0.717) is 18.2 Å². The Morgan fingerprint density at radius 1 is 1.33 bits per heavy atom. The van der Waals surface area contributed by atoms with Crippen LogP contribution in [-0.4, -0.2) is 31.3 Å². The molecule has 3 nitrogen and oxygen atoms in total. The number of hydrogen-bond donors (Lipinski definition) is 2. The van der Waals surface area contributed by atoms with E-state index in [4.69, 9.17) is 10.5 Å². The van der Waals surface area contributed by atoms with Crippen LogP contribution in [-0.2, 0) is 4.74 Å². The molecule has 1 fully saturated rings. The first-order valence-electron chi connectivity index (χ1n) is 6.30. The van der Waals surface area contributed by atoms with Crippen molar-refractivity contribution in [3.8, 4) is 0 Å². The molecule has 0 aromatic carbocycles. The summed E-state index contributed by atoms with van der Waals surface area (Å²) in [5.74, 6) is 0. The fraction of sp³-hybridized carbons (Fsp3) is 1.00. The van der Waals surface area contributed by atoms with Crippen molar-refractivity contribution >= 4 is 0 Å². The molecule has 1 aliphatic rings. The van der Waals surface area contributed by atoms with Gasteiger partial charge < -0.3 is 15.8 Å². The van der Waals surface area contributed by atoms with Gasteiger partial charge >= 0.3 is 0 Å². The van der Waals surface area contributed by atoms with Crippen LogP contribution in [0.5, 0.6) is 0 Å². The summed E-state index contributed by atoms with van der Waals surface area (Å²) in [7, 11) is 0. The highest BCUT2D eigenvalue weighted by Gasteiger charge is 2.20. The molecule has 0 aromatic rings. The molecule has 1 saturated carbocycles. The Labute approximate surface area is 93.8 Å². The maximum Gasteiger partial charge on any atom is 0.0518 e. The van der Waals surface area contributed by atoms with E-state index in [0.717, 1.165) is 19.6 Å². The van der Waals surface area contributed by atoms with Crippen LogP contribution in [0.25, 0.3) is 0 Å².